The average molecular weight is 405 g/mol. The second-order valence-corrected chi connectivity index (χ2v) is 8.27. The number of thiophene rings is 1. The molecular formula is C10H5BrCl2FNO2S2. The van der Waals surface area contributed by atoms with Crippen molar-refractivity contribution in [3.05, 3.63) is 43.2 Å². The van der Waals surface area contributed by atoms with Gasteiger partial charge < -0.3 is 0 Å². The highest BCUT2D eigenvalue weighted by atomic mass is 79.9. The molecule has 19 heavy (non-hydrogen) atoms. The van der Waals surface area contributed by atoms with Crippen molar-refractivity contribution in [1.82, 2.24) is 0 Å². The SMILES string of the molecule is O=S(=O)(Nc1ccc(Br)cc1F)c1cc(Cl)sc1Cl. The summed E-state index contributed by atoms with van der Waals surface area (Å²) >= 11 is 15.5. The lowest BCUT2D eigenvalue weighted by molar-refractivity contribution is 0.599. The number of hydrogen-bond donors (Lipinski definition) is 1. The quantitative estimate of drug-likeness (QED) is 0.801. The van der Waals surface area contributed by atoms with Gasteiger partial charge in [-0.15, -0.1) is 11.3 Å². The Morgan fingerprint density at radius 1 is 1.26 bits per heavy atom. The van der Waals surface area contributed by atoms with Crippen LogP contribution in [0, 0.1) is 5.82 Å². The van der Waals surface area contributed by atoms with Gasteiger partial charge in [0.05, 0.1) is 10.0 Å². The summed E-state index contributed by atoms with van der Waals surface area (Å²) in [5.41, 5.74) is -0.165. The lowest BCUT2D eigenvalue weighted by Crippen LogP contribution is -2.13. The Hall–Kier alpha value is -0.340. The summed E-state index contributed by atoms with van der Waals surface area (Å²) < 4.78 is 40.6. The molecule has 0 amide bonds. The molecule has 2 rings (SSSR count). The lowest BCUT2D eigenvalue weighted by Gasteiger charge is -2.08. The zero-order valence-electron chi connectivity index (χ0n) is 8.95. The van der Waals surface area contributed by atoms with Crippen LogP contribution in [0.15, 0.2) is 33.6 Å². The first-order chi connectivity index (χ1) is 8.79. The van der Waals surface area contributed by atoms with Crippen molar-refractivity contribution >= 4 is 66.2 Å². The summed E-state index contributed by atoms with van der Waals surface area (Å²) in [5, 5.41) is 0. The van der Waals surface area contributed by atoms with E-state index in [-0.39, 0.29) is 19.3 Å². The van der Waals surface area contributed by atoms with Gasteiger partial charge in [0.25, 0.3) is 10.0 Å². The largest absolute Gasteiger partial charge is 0.277 e. The minimum Gasteiger partial charge on any atom is -0.277 e. The summed E-state index contributed by atoms with van der Waals surface area (Å²) in [6.45, 7) is 0. The molecule has 0 unspecified atom stereocenters. The maximum Gasteiger partial charge on any atom is 0.264 e. The number of halogens is 4. The molecule has 3 nitrogen and oxygen atoms in total. The van der Waals surface area contributed by atoms with E-state index in [0.29, 0.717) is 4.47 Å². The molecule has 102 valence electrons. The Bertz CT molecular complexity index is 733. The molecule has 0 aliphatic rings. The van der Waals surface area contributed by atoms with Crippen LogP contribution in [0.5, 0.6) is 0 Å². The van der Waals surface area contributed by atoms with Crippen LogP contribution >= 0.6 is 50.5 Å². The first kappa shape index (κ1) is 15.1. The van der Waals surface area contributed by atoms with E-state index in [1.807, 2.05) is 0 Å². The van der Waals surface area contributed by atoms with Crippen molar-refractivity contribution in [2.75, 3.05) is 4.72 Å². The van der Waals surface area contributed by atoms with Gasteiger partial charge in [-0.25, -0.2) is 12.8 Å². The minimum absolute atomic E-state index is 0.0232. The van der Waals surface area contributed by atoms with E-state index in [1.54, 1.807) is 0 Å². The van der Waals surface area contributed by atoms with Crippen LogP contribution in [-0.2, 0) is 10.0 Å². The maximum atomic E-state index is 13.6. The molecule has 2 aromatic rings. The van der Waals surface area contributed by atoms with E-state index in [4.69, 9.17) is 23.2 Å². The van der Waals surface area contributed by atoms with Gasteiger partial charge in [0.1, 0.15) is 15.0 Å². The fourth-order valence-electron chi connectivity index (χ4n) is 1.28. The first-order valence-electron chi connectivity index (χ1n) is 4.72. The molecule has 0 atom stereocenters. The Kier molecular flexibility index (Phi) is 4.42. The number of hydrogen-bond acceptors (Lipinski definition) is 3. The van der Waals surface area contributed by atoms with Crippen LogP contribution < -0.4 is 4.72 Å². The Morgan fingerprint density at radius 2 is 1.95 bits per heavy atom. The minimum atomic E-state index is -3.97. The maximum absolute atomic E-state index is 13.6. The number of rotatable bonds is 3. The van der Waals surface area contributed by atoms with E-state index in [1.165, 1.54) is 18.2 Å². The van der Waals surface area contributed by atoms with Crippen molar-refractivity contribution in [2.24, 2.45) is 0 Å². The van der Waals surface area contributed by atoms with Gasteiger partial charge in [0.15, 0.2) is 0 Å². The van der Waals surface area contributed by atoms with E-state index < -0.39 is 15.8 Å². The molecule has 0 bridgehead atoms. The van der Waals surface area contributed by atoms with Gasteiger partial charge in [-0.1, -0.05) is 39.1 Å². The van der Waals surface area contributed by atoms with E-state index in [0.717, 1.165) is 17.4 Å². The third-order valence-electron chi connectivity index (χ3n) is 2.09. The summed E-state index contributed by atoms with van der Waals surface area (Å²) in [6.07, 6.45) is 0. The third-order valence-corrected chi connectivity index (χ3v) is 5.70. The van der Waals surface area contributed by atoms with Crippen LogP contribution in [0.2, 0.25) is 8.67 Å². The molecule has 0 aliphatic heterocycles. The molecule has 1 heterocycles. The third kappa shape index (κ3) is 3.41. The van der Waals surface area contributed by atoms with Crippen molar-refractivity contribution in [3.63, 3.8) is 0 Å². The predicted molar refractivity (Wildman–Crippen MR) is 79.2 cm³/mol. The Labute approximate surface area is 131 Å². The highest BCUT2D eigenvalue weighted by Crippen LogP contribution is 2.35. The summed E-state index contributed by atoms with van der Waals surface area (Å²) in [4.78, 5) is -0.175. The van der Waals surface area contributed by atoms with E-state index in [2.05, 4.69) is 20.7 Å². The van der Waals surface area contributed by atoms with Gasteiger partial charge in [0.2, 0.25) is 0 Å². The summed E-state index contributed by atoms with van der Waals surface area (Å²) in [6, 6.07) is 5.19. The normalized spacial score (nSPS) is 11.6. The van der Waals surface area contributed by atoms with E-state index >= 15 is 0 Å². The van der Waals surface area contributed by atoms with Crippen molar-refractivity contribution in [2.45, 2.75) is 4.90 Å². The standard InChI is InChI=1S/C10H5BrCl2FNO2S2/c11-5-1-2-7(6(14)3-5)15-19(16,17)8-4-9(12)18-10(8)13/h1-4,15H. The highest BCUT2D eigenvalue weighted by molar-refractivity contribution is 9.10. The van der Waals surface area contributed by atoms with Crippen molar-refractivity contribution in [3.8, 4) is 0 Å². The van der Waals surface area contributed by atoms with E-state index in [9.17, 15) is 12.8 Å². The van der Waals surface area contributed by atoms with Crippen LogP contribution in [0.1, 0.15) is 0 Å². The van der Waals surface area contributed by atoms with Crippen LogP contribution in [0.4, 0.5) is 10.1 Å². The van der Waals surface area contributed by atoms with Gasteiger partial charge in [-0.2, -0.15) is 0 Å². The fourth-order valence-corrected chi connectivity index (χ4v) is 4.83. The number of sulfonamides is 1. The molecule has 0 fully saturated rings. The van der Waals surface area contributed by atoms with Crippen molar-refractivity contribution in [1.29, 1.82) is 0 Å². The molecule has 0 spiro atoms. The topological polar surface area (TPSA) is 46.2 Å². The lowest BCUT2D eigenvalue weighted by atomic mass is 10.3. The molecule has 0 saturated carbocycles. The molecule has 0 radical (unpaired) electrons. The van der Waals surface area contributed by atoms with Gasteiger partial charge in [0, 0.05) is 4.47 Å². The zero-order valence-corrected chi connectivity index (χ0v) is 13.7. The molecule has 1 N–H and O–H groups in total. The van der Waals surface area contributed by atoms with Gasteiger partial charge in [-0.05, 0) is 24.3 Å². The van der Waals surface area contributed by atoms with Crippen LogP contribution in [0.25, 0.3) is 0 Å². The molecule has 1 aromatic carbocycles. The molecule has 1 aromatic heterocycles. The Balaban J connectivity index is 2.39. The van der Waals surface area contributed by atoms with Gasteiger partial charge >= 0.3 is 0 Å². The molecular weight excluding hydrogens is 400 g/mol. The zero-order chi connectivity index (χ0) is 14.2. The summed E-state index contributed by atoms with van der Waals surface area (Å²) in [5.74, 6) is -0.699. The number of anilines is 1. The predicted octanol–water partition coefficient (Wildman–Crippen LogP) is 4.76. The Morgan fingerprint density at radius 3 is 2.47 bits per heavy atom. The van der Waals surface area contributed by atoms with Gasteiger partial charge in [-0.3, -0.25) is 4.72 Å². The second-order valence-electron chi connectivity index (χ2n) is 3.42. The number of benzene rings is 1. The summed E-state index contributed by atoms with van der Waals surface area (Å²) in [7, 11) is -3.97. The second kappa shape index (κ2) is 5.57. The number of nitrogens with one attached hydrogen (secondary N) is 1. The molecule has 0 aliphatic carbocycles. The average Bonchev–Trinajstić information content (AvgIpc) is 2.63. The van der Waals surface area contributed by atoms with Crippen LogP contribution in [-0.4, -0.2) is 8.42 Å². The monoisotopic (exact) mass is 403 g/mol. The first-order valence-corrected chi connectivity index (χ1v) is 8.57. The highest BCUT2D eigenvalue weighted by Gasteiger charge is 2.22. The van der Waals surface area contributed by atoms with Crippen LogP contribution in [0.3, 0.4) is 0 Å². The fraction of sp³-hybridized carbons (Fsp3) is 0. The van der Waals surface area contributed by atoms with Crippen molar-refractivity contribution < 1.29 is 12.8 Å². The molecule has 0 saturated heterocycles. The molecule has 9 heteroatoms. The smallest absolute Gasteiger partial charge is 0.264 e.